The van der Waals surface area contributed by atoms with E-state index in [1.807, 2.05) is 18.2 Å². The van der Waals surface area contributed by atoms with Crippen molar-refractivity contribution < 1.29 is 14.3 Å². The second-order valence-corrected chi connectivity index (χ2v) is 5.64. The highest BCUT2D eigenvalue weighted by molar-refractivity contribution is 5.91. The van der Waals surface area contributed by atoms with Gasteiger partial charge in [-0.05, 0) is 31.4 Å². The van der Waals surface area contributed by atoms with Gasteiger partial charge in [0.2, 0.25) is 5.91 Å². The first-order valence-corrected chi connectivity index (χ1v) is 7.53. The van der Waals surface area contributed by atoms with Gasteiger partial charge < -0.3 is 14.8 Å². The molecule has 0 saturated heterocycles. The maximum absolute atomic E-state index is 11.7. The number of fused-ring (bicyclic) bond motifs is 1. The molecule has 1 heterocycles. The lowest BCUT2D eigenvalue weighted by Crippen LogP contribution is -2.34. The Morgan fingerprint density at radius 1 is 1.25 bits per heavy atom. The summed E-state index contributed by atoms with van der Waals surface area (Å²) >= 11 is 0. The zero-order valence-corrected chi connectivity index (χ0v) is 11.9. The third-order valence-electron chi connectivity index (χ3n) is 3.94. The molecule has 1 amide bonds. The first-order valence-electron chi connectivity index (χ1n) is 7.53. The number of benzene rings is 1. The number of carbonyl (C=O) groups is 1. The van der Waals surface area contributed by atoms with E-state index >= 15 is 0 Å². The highest BCUT2D eigenvalue weighted by Crippen LogP contribution is 2.47. The van der Waals surface area contributed by atoms with E-state index in [1.54, 1.807) is 0 Å². The zero-order valence-electron chi connectivity index (χ0n) is 11.9. The van der Waals surface area contributed by atoms with Crippen molar-refractivity contribution in [3.63, 3.8) is 0 Å². The average molecular weight is 275 g/mol. The van der Waals surface area contributed by atoms with Gasteiger partial charge in [-0.2, -0.15) is 0 Å². The third-order valence-corrected chi connectivity index (χ3v) is 3.94. The fourth-order valence-electron chi connectivity index (χ4n) is 2.85. The number of rotatable bonds is 4. The van der Waals surface area contributed by atoms with Gasteiger partial charge in [0.1, 0.15) is 0 Å². The van der Waals surface area contributed by atoms with E-state index in [0.717, 1.165) is 55.7 Å². The first kappa shape index (κ1) is 13.3. The van der Waals surface area contributed by atoms with Crippen LogP contribution in [-0.4, -0.2) is 11.7 Å². The molecule has 4 heteroatoms. The van der Waals surface area contributed by atoms with Crippen LogP contribution in [0, 0.1) is 0 Å². The van der Waals surface area contributed by atoms with E-state index in [9.17, 15) is 4.79 Å². The highest BCUT2D eigenvalue weighted by atomic mass is 16.7. The Labute approximate surface area is 119 Å². The quantitative estimate of drug-likeness (QED) is 0.907. The molecule has 2 aliphatic rings. The molecule has 1 aliphatic heterocycles. The number of amides is 1. The van der Waals surface area contributed by atoms with Gasteiger partial charge in [-0.3, -0.25) is 4.79 Å². The lowest BCUT2D eigenvalue weighted by Gasteiger charge is -2.21. The fraction of sp³-hybridized carbons (Fsp3) is 0.562. The molecule has 0 aromatic heterocycles. The molecular formula is C16H21NO3. The molecule has 1 N–H and O–H groups in total. The maximum Gasteiger partial charge on any atom is 0.251 e. The van der Waals surface area contributed by atoms with Gasteiger partial charge in [-0.1, -0.05) is 13.3 Å². The summed E-state index contributed by atoms with van der Waals surface area (Å²) in [6.45, 7) is 2.08. The molecule has 1 aliphatic carbocycles. The van der Waals surface area contributed by atoms with Gasteiger partial charge in [-0.15, -0.1) is 0 Å². The first-order chi connectivity index (χ1) is 9.71. The van der Waals surface area contributed by atoms with Crippen LogP contribution in [0.25, 0.3) is 0 Å². The molecule has 0 bridgehead atoms. The van der Waals surface area contributed by atoms with Crippen LogP contribution in [0.5, 0.6) is 11.5 Å². The Kier molecular flexibility index (Phi) is 3.55. The van der Waals surface area contributed by atoms with Crippen LogP contribution in [-0.2, 0) is 4.79 Å². The van der Waals surface area contributed by atoms with E-state index in [0.29, 0.717) is 6.42 Å². The van der Waals surface area contributed by atoms with Gasteiger partial charge in [0, 0.05) is 31.0 Å². The van der Waals surface area contributed by atoms with Crippen molar-refractivity contribution in [1.29, 1.82) is 0 Å². The summed E-state index contributed by atoms with van der Waals surface area (Å²) in [5, 5.41) is 2.91. The van der Waals surface area contributed by atoms with Gasteiger partial charge in [0.15, 0.2) is 11.5 Å². The number of carbonyl (C=O) groups excluding carboxylic acids is 1. The summed E-state index contributed by atoms with van der Waals surface area (Å²) in [4.78, 5) is 11.7. The third kappa shape index (κ3) is 2.60. The molecule has 0 unspecified atom stereocenters. The van der Waals surface area contributed by atoms with Crippen LogP contribution in [0.2, 0.25) is 0 Å². The molecular weight excluding hydrogens is 254 g/mol. The Morgan fingerprint density at radius 3 is 2.75 bits per heavy atom. The molecule has 0 radical (unpaired) electrons. The molecule has 1 aromatic carbocycles. The summed E-state index contributed by atoms with van der Waals surface area (Å²) in [6.07, 6.45) is 6.69. The second-order valence-electron chi connectivity index (χ2n) is 5.64. The summed E-state index contributed by atoms with van der Waals surface area (Å²) in [5.74, 6) is 1.16. The SMILES string of the molecule is CCCCC(=O)Nc1ccc2c(c1)OC1(CCCC1)O2. The van der Waals surface area contributed by atoms with Crippen molar-refractivity contribution in [3.8, 4) is 11.5 Å². The number of hydrogen-bond acceptors (Lipinski definition) is 3. The molecule has 3 rings (SSSR count). The Hall–Kier alpha value is -1.71. The average Bonchev–Trinajstić information content (AvgIpc) is 3.02. The van der Waals surface area contributed by atoms with Crippen molar-refractivity contribution in [2.45, 2.75) is 57.7 Å². The van der Waals surface area contributed by atoms with E-state index in [-0.39, 0.29) is 5.91 Å². The van der Waals surface area contributed by atoms with Crippen LogP contribution >= 0.6 is 0 Å². The Morgan fingerprint density at radius 2 is 2.00 bits per heavy atom. The van der Waals surface area contributed by atoms with Crippen molar-refractivity contribution in [1.82, 2.24) is 0 Å². The van der Waals surface area contributed by atoms with E-state index in [4.69, 9.17) is 9.47 Å². The minimum atomic E-state index is -0.437. The number of unbranched alkanes of at least 4 members (excludes halogenated alkanes) is 1. The number of ether oxygens (including phenoxy) is 2. The molecule has 1 aromatic rings. The lowest BCUT2D eigenvalue weighted by atomic mass is 10.2. The lowest BCUT2D eigenvalue weighted by molar-refractivity contribution is -0.116. The monoisotopic (exact) mass is 275 g/mol. The molecule has 20 heavy (non-hydrogen) atoms. The molecule has 4 nitrogen and oxygen atoms in total. The van der Waals surface area contributed by atoms with E-state index in [1.165, 1.54) is 0 Å². The van der Waals surface area contributed by atoms with Gasteiger partial charge >= 0.3 is 0 Å². The standard InChI is InChI=1S/C16H21NO3/c1-2-3-6-15(18)17-12-7-8-13-14(11-12)20-16(19-13)9-4-5-10-16/h7-8,11H,2-6,9-10H2,1H3,(H,17,18). The molecule has 1 fully saturated rings. The Bertz CT molecular complexity index is 506. The summed E-state index contributed by atoms with van der Waals surface area (Å²) in [6, 6.07) is 5.63. The Balaban J connectivity index is 1.67. The summed E-state index contributed by atoms with van der Waals surface area (Å²) < 4.78 is 11.9. The normalized spacial score (nSPS) is 18.4. The van der Waals surface area contributed by atoms with Crippen molar-refractivity contribution >= 4 is 11.6 Å². The van der Waals surface area contributed by atoms with Crippen LogP contribution in [0.1, 0.15) is 51.9 Å². The maximum atomic E-state index is 11.7. The number of anilines is 1. The number of hydrogen-bond donors (Lipinski definition) is 1. The zero-order chi connectivity index (χ0) is 14.0. The van der Waals surface area contributed by atoms with Gasteiger partial charge in [0.25, 0.3) is 5.79 Å². The van der Waals surface area contributed by atoms with Crippen LogP contribution in [0.15, 0.2) is 18.2 Å². The predicted octanol–water partition coefficient (Wildman–Crippen LogP) is 3.86. The second kappa shape index (κ2) is 5.35. The minimum Gasteiger partial charge on any atom is -0.448 e. The van der Waals surface area contributed by atoms with Crippen LogP contribution in [0.3, 0.4) is 0 Å². The highest BCUT2D eigenvalue weighted by Gasteiger charge is 2.44. The van der Waals surface area contributed by atoms with Crippen molar-refractivity contribution in [3.05, 3.63) is 18.2 Å². The molecule has 0 atom stereocenters. The molecule has 1 spiro atoms. The summed E-state index contributed by atoms with van der Waals surface area (Å²) in [5.41, 5.74) is 0.781. The van der Waals surface area contributed by atoms with Crippen LogP contribution < -0.4 is 14.8 Å². The van der Waals surface area contributed by atoms with Crippen LogP contribution in [0.4, 0.5) is 5.69 Å². The number of nitrogens with one attached hydrogen (secondary N) is 1. The largest absolute Gasteiger partial charge is 0.448 e. The van der Waals surface area contributed by atoms with Crippen molar-refractivity contribution in [2.24, 2.45) is 0 Å². The van der Waals surface area contributed by atoms with E-state index < -0.39 is 5.79 Å². The van der Waals surface area contributed by atoms with Gasteiger partial charge in [0.05, 0.1) is 0 Å². The summed E-state index contributed by atoms with van der Waals surface area (Å²) in [7, 11) is 0. The fourth-order valence-corrected chi connectivity index (χ4v) is 2.85. The van der Waals surface area contributed by atoms with E-state index in [2.05, 4.69) is 12.2 Å². The molecule has 108 valence electrons. The minimum absolute atomic E-state index is 0.0568. The molecule has 1 saturated carbocycles. The predicted molar refractivity (Wildman–Crippen MR) is 77.1 cm³/mol. The smallest absolute Gasteiger partial charge is 0.251 e. The van der Waals surface area contributed by atoms with Crippen molar-refractivity contribution in [2.75, 3.05) is 5.32 Å². The topological polar surface area (TPSA) is 47.6 Å². The van der Waals surface area contributed by atoms with Gasteiger partial charge in [-0.25, -0.2) is 0 Å².